The van der Waals surface area contributed by atoms with Gasteiger partial charge in [-0.25, -0.2) is 4.98 Å². The summed E-state index contributed by atoms with van der Waals surface area (Å²) in [5.41, 5.74) is 0.325. The van der Waals surface area contributed by atoms with E-state index in [2.05, 4.69) is 20.1 Å². The van der Waals surface area contributed by atoms with Gasteiger partial charge in [0.2, 0.25) is 5.95 Å². The van der Waals surface area contributed by atoms with Crippen LogP contribution in [0.1, 0.15) is 10.4 Å². The fourth-order valence-corrected chi connectivity index (χ4v) is 3.09. The number of fused-ring (bicyclic) bond motifs is 1. The van der Waals surface area contributed by atoms with Gasteiger partial charge in [-0.3, -0.25) is 4.79 Å². The highest BCUT2D eigenvalue weighted by Crippen LogP contribution is 2.24. The van der Waals surface area contributed by atoms with Gasteiger partial charge in [0.15, 0.2) is 5.82 Å². The lowest BCUT2D eigenvalue weighted by molar-refractivity contribution is 0.0746. The lowest BCUT2D eigenvalue weighted by atomic mass is 10.1. The third-order valence-electron chi connectivity index (χ3n) is 4.39. The van der Waals surface area contributed by atoms with Crippen LogP contribution >= 0.6 is 0 Å². The van der Waals surface area contributed by atoms with Gasteiger partial charge >= 0.3 is 0 Å². The number of carbonyl (C=O) groups is 1. The first kappa shape index (κ1) is 15.4. The molecule has 0 spiro atoms. The molecule has 126 valence electrons. The van der Waals surface area contributed by atoms with Gasteiger partial charge in [0.05, 0.1) is 6.20 Å². The van der Waals surface area contributed by atoms with E-state index in [0.717, 1.165) is 16.6 Å². The van der Waals surface area contributed by atoms with Crippen LogP contribution in [0.3, 0.4) is 0 Å². The van der Waals surface area contributed by atoms with Crippen molar-refractivity contribution >= 4 is 22.5 Å². The molecule has 1 aliphatic rings. The number of nitrogens with zero attached hydrogens (tertiary/aromatic N) is 5. The summed E-state index contributed by atoms with van der Waals surface area (Å²) in [7, 11) is 0. The van der Waals surface area contributed by atoms with Crippen LogP contribution in [0, 0.1) is 5.95 Å². The zero-order valence-electron chi connectivity index (χ0n) is 13.5. The molecule has 1 fully saturated rings. The molecule has 0 radical (unpaired) electrons. The number of amides is 1. The third kappa shape index (κ3) is 3.00. The molecule has 0 aliphatic carbocycles. The Labute approximate surface area is 143 Å². The molecule has 4 rings (SSSR count). The Balaban J connectivity index is 1.50. The van der Waals surface area contributed by atoms with E-state index < -0.39 is 5.95 Å². The molecule has 1 aromatic carbocycles. The number of anilines is 1. The van der Waals surface area contributed by atoms with E-state index in [9.17, 15) is 9.18 Å². The minimum absolute atomic E-state index is 0.176. The summed E-state index contributed by atoms with van der Waals surface area (Å²) in [5.74, 6) is 0.0145. The third-order valence-corrected chi connectivity index (χ3v) is 4.39. The maximum atomic E-state index is 13.2. The number of carbonyl (C=O) groups excluding carboxylic acids is 1. The summed E-state index contributed by atoms with van der Waals surface area (Å²) in [6, 6.07) is 10.7. The van der Waals surface area contributed by atoms with Crippen molar-refractivity contribution in [2.45, 2.75) is 0 Å². The summed E-state index contributed by atoms with van der Waals surface area (Å²) in [6.45, 7) is 2.41. The number of aromatic nitrogens is 3. The van der Waals surface area contributed by atoms with Crippen molar-refractivity contribution < 1.29 is 9.18 Å². The lowest BCUT2D eigenvalue weighted by Crippen LogP contribution is -2.49. The van der Waals surface area contributed by atoms with Crippen molar-refractivity contribution in [3.05, 3.63) is 60.3 Å². The highest BCUT2D eigenvalue weighted by atomic mass is 19.1. The lowest BCUT2D eigenvalue weighted by Gasteiger charge is -2.35. The van der Waals surface area contributed by atoms with Crippen LogP contribution in [-0.2, 0) is 0 Å². The van der Waals surface area contributed by atoms with Gasteiger partial charge in [0.25, 0.3) is 5.91 Å². The van der Waals surface area contributed by atoms with Crippen molar-refractivity contribution in [3.8, 4) is 0 Å². The van der Waals surface area contributed by atoms with Gasteiger partial charge in [-0.1, -0.05) is 24.3 Å². The minimum Gasteiger partial charge on any atom is -0.351 e. The molecule has 3 heterocycles. The van der Waals surface area contributed by atoms with Crippen LogP contribution in [0.25, 0.3) is 10.8 Å². The number of rotatable bonds is 2. The first-order valence-corrected chi connectivity index (χ1v) is 8.08. The topological polar surface area (TPSA) is 62.2 Å². The van der Waals surface area contributed by atoms with Gasteiger partial charge in [-0.2, -0.15) is 9.49 Å². The SMILES string of the molecule is O=C(c1ccnc(F)c1)N1CCN(c2nncc3ccccc23)CC1. The Bertz CT molecular complexity index is 919. The molecule has 2 aromatic heterocycles. The molecule has 7 heteroatoms. The zero-order valence-corrected chi connectivity index (χ0v) is 13.5. The highest BCUT2D eigenvalue weighted by Gasteiger charge is 2.24. The summed E-state index contributed by atoms with van der Waals surface area (Å²) >= 11 is 0. The second-order valence-electron chi connectivity index (χ2n) is 5.90. The smallest absolute Gasteiger partial charge is 0.254 e. The molecule has 6 nitrogen and oxygen atoms in total. The largest absolute Gasteiger partial charge is 0.351 e. The summed E-state index contributed by atoms with van der Waals surface area (Å²) in [6.07, 6.45) is 3.06. The monoisotopic (exact) mass is 337 g/mol. The van der Waals surface area contributed by atoms with E-state index in [4.69, 9.17) is 0 Å². The molecule has 0 saturated carbocycles. The quantitative estimate of drug-likeness (QED) is 0.671. The van der Waals surface area contributed by atoms with Crippen LogP contribution in [0.4, 0.5) is 10.2 Å². The van der Waals surface area contributed by atoms with E-state index in [1.165, 1.54) is 18.3 Å². The number of pyridine rings is 1. The molecule has 3 aromatic rings. The molecule has 25 heavy (non-hydrogen) atoms. The molecule has 0 bridgehead atoms. The molecule has 1 aliphatic heterocycles. The van der Waals surface area contributed by atoms with Crippen LogP contribution < -0.4 is 4.90 Å². The number of hydrogen-bond acceptors (Lipinski definition) is 5. The van der Waals surface area contributed by atoms with E-state index >= 15 is 0 Å². The second-order valence-corrected chi connectivity index (χ2v) is 5.90. The van der Waals surface area contributed by atoms with Gasteiger partial charge in [-0.15, -0.1) is 5.10 Å². The number of benzene rings is 1. The van der Waals surface area contributed by atoms with Crippen LogP contribution in [-0.4, -0.2) is 52.2 Å². The Hall–Kier alpha value is -3.09. The van der Waals surface area contributed by atoms with E-state index in [1.807, 2.05) is 24.3 Å². The average Bonchev–Trinajstić information content (AvgIpc) is 2.67. The van der Waals surface area contributed by atoms with E-state index in [1.54, 1.807) is 11.1 Å². The zero-order chi connectivity index (χ0) is 17.2. The van der Waals surface area contributed by atoms with Crippen molar-refractivity contribution in [3.63, 3.8) is 0 Å². The van der Waals surface area contributed by atoms with Gasteiger partial charge < -0.3 is 9.80 Å². The second kappa shape index (κ2) is 6.43. The van der Waals surface area contributed by atoms with Gasteiger partial charge in [0, 0.05) is 54.8 Å². The van der Waals surface area contributed by atoms with Gasteiger partial charge in [-0.05, 0) is 6.07 Å². The fourth-order valence-electron chi connectivity index (χ4n) is 3.09. The predicted octanol–water partition coefficient (Wildman–Crippen LogP) is 2.13. The normalized spacial score (nSPS) is 14.8. The summed E-state index contributed by atoms with van der Waals surface area (Å²) in [4.78, 5) is 19.8. The van der Waals surface area contributed by atoms with Crippen molar-refractivity contribution in [1.82, 2.24) is 20.1 Å². The summed E-state index contributed by atoms with van der Waals surface area (Å²) in [5, 5.41) is 10.5. The summed E-state index contributed by atoms with van der Waals surface area (Å²) < 4.78 is 13.2. The Morgan fingerprint density at radius 1 is 1.08 bits per heavy atom. The number of halogens is 1. The molecule has 0 unspecified atom stereocenters. The van der Waals surface area contributed by atoms with E-state index in [0.29, 0.717) is 31.7 Å². The molecule has 0 N–H and O–H groups in total. The predicted molar refractivity (Wildman–Crippen MR) is 91.8 cm³/mol. The van der Waals surface area contributed by atoms with Crippen LogP contribution in [0.15, 0.2) is 48.8 Å². The first-order chi connectivity index (χ1) is 12.2. The average molecular weight is 337 g/mol. The maximum Gasteiger partial charge on any atom is 0.254 e. The molecular formula is C18H16FN5O. The number of hydrogen-bond donors (Lipinski definition) is 0. The highest BCUT2D eigenvalue weighted by molar-refractivity contribution is 5.94. The van der Waals surface area contributed by atoms with Crippen molar-refractivity contribution in [2.75, 3.05) is 31.1 Å². The standard InChI is InChI=1S/C18H16FN5O/c19-16-11-13(5-6-20-16)18(25)24-9-7-23(8-10-24)17-15-4-2-1-3-14(15)12-21-22-17/h1-6,11-12H,7-10H2. The molecule has 0 atom stereocenters. The fraction of sp³-hybridized carbons (Fsp3) is 0.222. The first-order valence-electron chi connectivity index (χ1n) is 8.08. The molecule has 1 saturated heterocycles. The number of piperazine rings is 1. The van der Waals surface area contributed by atoms with Gasteiger partial charge in [0.1, 0.15) is 0 Å². The van der Waals surface area contributed by atoms with Crippen LogP contribution in [0.2, 0.25) is 0 Å². The minimum atomic E-state index is -0.643. The van der Waals surface area contributed by atoms with Crippen molar-refractivity contribution in [2.24, 2.45) is 0 Å². The van der Waals surface area contributed by atoms with Crippen molar-refractivity contribution in [1.29, 1.82) is 0 Å². The Morgan fingerprint density at radius 2 is 1.88 bits per heavy atom. The van der Waals surface area contributed by atoms with E-state index in [-0.39, 0.29) is 5.91 Å². The Kier molecular flexibility index (Phi) is 3.97. The molecule has 1 amide bonds. The maximum absolute atomic E-state index is 13.2. The Morgan fingerprint density at radius 3 is 2.68 bits per heavy atom. The van der Waals surface area contributed by atoms with Crippen LogP contribution in [0.5, 0.6) is 0 Å². The molecular weight excluding hydrogens is 321 g/mol.